The Morgan fingerprint density at radius 1 is 0.947 bits per heavy atom. The molecule has 0 saturated carbocycles. The van der Waals surface area contributed by atoms with Crippen molar-refractivity contribution in [2.24, 2.45) is 0 Å². The molecule has 0 bridgehead atoms. The minimum absolute atomic E-state index is 0.318. The molecule has 100 valence electrons. The standard InChI is InChI=1S/C17H21NS/c1-12-5-8-16(11-13(12)2)18-14(3)15-6-9-17(19-4)10-7-15/h5-11,14,18H,1-4H3. The maximum atomic E-state index is 3.56. The van der Waals surface area contributed by atoms with Crippen LogP contribution in [0.15, 0.2) is 47.4 Å². The molecule has 2 aromatic carbocycles. The summed E-state index contributed by atoms with van der Waals surface area (Å²) in [6.45, 7) is 6.49. The molecule has 2 heteroatoms. The number of rotatable bonds is 4. The molecule has 19 heavy (non-hydrogen) atoms. The van der Waals surface area contributed by atoms with Crippen LogP contribution in [0.3, 0.4) is 0 Å². The van der Waals surface area contributed by atoms with Gasteiger partial charge in [-0.2, -0.15) is 0 Å². The highest BCUT2D eigenvalue weighted by molar-refractivity contribution is 7.98. The highest BCUT2D eigenvalue weighted by atomic mass is 32.2. The van der Waals surface area contributed by atoms with Crippen LogP contribution < -0.4 is 5.32 Å². The van der Waals surface area contributed by atoms with Crippen molar-refractivity contribution in [1.29, 1.82) is 0 Å². The largest absolute Gasteiger partial charge is 0.379 e. The first-order chi connectivity index (χ1) is 9.10. The fourth-order valence-electron chi connectivity index (χ4n) is 2.06. The molecule has 1 atom stereocenters. The molecule has 0 aliphatic heterocycles. The number of hydrogen-bond donors (Lipinski definition) is 1. The lowest BCUT2D eigenvalue weighted by Gasteiger charge is -2.17. The van der Waals surface area contributed by atoms with Crippen molar-refractivity contribution in [1.82, 2.24) is 0 Å². The smallest absolute Gasteiger partial charge is 0.0485 e. The third-order valence-electron chi connectivity index (χ3n) is 3.51. The first-order valence-electron chi connectivity index (χ1n) is 6.58. The van der Waals surface area contributed by atoms with E-state index in [-0.39, 0.29) is 0 Å². The summed E-state index contributed by atoms with van der Waals surface area (Å²) in [6.07, 6.45) is 2.10. The van der Waals surface area contributed by atoms with Crippen LogP contribution in [0.2, 0.25) is 0 Å². The second-order valence-corrected chi connectivity index (χ2v) is 5.82. The Morgan fingerprint density at radius 3 is 2.21 bits per heavy atom. The van der Waals surface area contributed by atoms with Gasteiger partial charge in [-0.1, -0.05) is 18.2 Å². The van der Waals surface area contributed by atoms with E-state index in [9.17, 15) is 0 Å². The van der Waals surface area contributed by atoms with Crippen molar-refractivity contribution in [3.05, 3.63) is 59.2 Å². The quantitative estimate of drug-likeness (QED) is 0.767. The molecule has 0 heterocycles. The molecular formula is C17H21NS. The van der Waals surface area contributed by atoms with Gasteiger partial charge >= 0.3 is 0 Å². The molecule has 0 aromatic heterocycles. The summed E-state index contributed by atoms with van der Waals surface area (Å²) >= 11 is 1.78. The molecule has 2 rings (SSSR count). The van der Waals surface area contributed by atoms with Crippen molar-refractivity contribution >= 4 is 17.4 Å². The van der Waals surface area contributed by atoms with E-state index in [0.717, 1.165) is 0 Å². The molecule has 1 nitrogen and oxygen atoms in total. The van der Waals surface area contributed by atoms with Gasteiger partial charge in [-0.15, -0.1) is 11.8 Å². The second-order valence-electron chi connectivity index (χ2n) is 4.94. The van der Waals surface area contributed by atoms with Crippen LogP contribution in [0.5, 0.6) is 0 Å². The Labute approximate surface area is 120 Å². The van der Waals surface area contributed by atoms with Gasteiger partial charge in [-0.05, 0) is 68.0 Å². The minimum Gasteiger partial charge on any atom is -0.379 e. The molecule has 1 N–H and O–H groups in total. The Morgan fingerprint density at radius 2 is 1.63 bits per heavy atom. The van der Waals surface area contributed by atoms with Gasteiger partial charge in [-0.3, -0.25) is 0 Å². The molecule has 0 amide bonds. The molecule has 0 fully saturated rings. The summed E-state index contributed by atoms with van der Waals surface area (Å²) < 4.78 is 0. The van der Waals surface area contributed by atoms with E-state index in [2.05, 4.69) is 74.8 Å². The molecule has 0 aliphatic rings. The lowest BCUT2D eigenvalue weighted by atomic mass is 10.1. The predicted octanol–water partition coefficient (Wildman–Crippen LogP) is 5.20. The number of aryl methyl sites for hydroxylation is 2. The van der Waals surface area contributed by atoms with Gasteiger partial charge in [0.05, 0.1) is 0 Å². The van der Waals surface area contributed by atoms with E-state index < -0.39 is 0 Å². The lowest BCUT2D eigenvalue weighted by Crippen LogP contribution is -2.06. The van der Waals surface area contributed by atoms with Crippen molar-refractivity contribution in [3.63, 3.8) is 0 Å². The van der Waals surface area contributed by atoms with E-state index in [1.807, 2.05) is 0 Å². The Balaban J connectivity index is 2.10. The maximum absolute atomic E-state index is 3.56. The van der Waals surface area contributed by atoms with Crippen molar-refractivity contribution < 1.29 is 0 Å². The van der Waals surface area contributed by atoms with Crippen LogP contribution in [0.25, 0.3) is 0 Å². The van der Waals surface area contributed by atoms with E-state index >= 15 is 0 Å². The summed E-state index contributed by atoms with van der Waals surface area (Å²) in [5.41, 5.74) is 5.16. The summed E-state index contributed by atoms with van der Waals surface area (Å²) in [5, 5.41) is 3.56. The normalized spacial score (nSPS) is 12.2. The SMILES string of the molecule is CSc1ccc(C(C)Nc2ccc(C)c(C)c2)cc1. The van der Waals surface area contributed by atoms with Gasteiger partial charge < -0.3 is 5.32 Å². The highest BCUT2D eigenvalue weighted by Gasteiger charge is 2.05. The topological polar surface area (TPSA) is 12.0 Å². The number of hydrogen-bond acceptors (Lipinski definition) is 2. The summed E-state index contributed by atoms with van der Waals surface area (Å²) in [5.74, 6) is 0. The first-order valence-corrected chi connectivity index (χ1v) is 7.80. The van der Waals surface area contributed by atoms with Crippen molar-refractivity contribution in [3.8, 4) is 0 Å². The zero-order valence-corrected chi connectivity index (χ0v) is 12.8. The van der Waals surface area contributed by atoms with E-state index in [4.69, 9.17) is 0 Å². The average molecular weight is 271 g/mol. The third-order valence-corrected chi connectivity index (χ3v) is 4.25. The number of nitrogens with one attached hydrogen (secondary N) is 1. The van der Waals surface area contributed by atoms with Crippen molar-refractivity contribution in [2.45, 2.75) is 31.7 Å². The minimum atomic E-state index is 0.318. The van der Waals surface area contributed by atoms with Gasteiger partial charge in [0.15, 0.2) is 0 Å². The molecule has 1 unspecified atom stereocenters. The van der Waals surface area contributed by atoms with Gasteiger partial charge in [0.1, 0.15) is 0 Å². The predicted molar refractivity (Wildman–Crippen MR) is 86.2 cm³/mol. The van der Waals surface area contributed by atoms with Gasteiger partial charge in [0.25, 0.3) is 0 Å². The Hall–Kier alpha value is -1.41. The van der Waals surface area contributed by atoms with Crippen LogP contribution in [0, 0.1) is 13.8 Å². The summed E-state index contributed by atoms with van der Waals surface area (Å²) in [4.78, 5) is 1.31. The molecular weight excluding hydrogens is 250 g/mol. The number of anilines is 1. The molecule has 0 aliphatic carbocycles. The molecule has 0 spiro atoms. The van der Waals surface area contributed by atoms with Crippen LogP contribution in [0.4, 0.5) is 5.69 Å². The summed E-state index contributed by atoms with van der Waals surface area (Å²) in [7, 11) is 0. The lowest BCUT2D eigenvalue weighted by molar-refractivity contribution is 0.882. The highest BCUT2D eigenvalue weighted by Crippen LogP contribution is 2.23. The number of thioether (sulfide) groups is 1. The summed E-state index contributed by atoms with van der Waals surface area (Å²) in [6, 6.07) is 15.6. The Bertz CT molecular complexity index is 546. The van der Waals surface area contributed by atoms with Gasteiger partial charge in [0, 0.05) is 16.6 Å². The first kappa shape index (κ1) is 14.0. The van der Waals surface area contributed by atoms with E-state index in [1.165, 1.54) is 27.3 Å². The van der Waals surface area contributed by atoms with Crippen LogP contribution in [-0.4, -0.2) is 6.26 Å². The zero-order valence-electron chi connectivity index (χ0n) is 12.0. The van der Waals surface area contributed by atoms with Gasteiger partial charge in [0.2, 0.25) is 0 Å². The van der Waals surface area contributed by atoms with Gasteiger partial charge in [-0.25, -0.2) is 0 Å². The van der Waals surface area contributed by atoms with Crippen LogP contribution >= 0.6 is 11.8 Å². The number of benzene rings is 2. The maximum Gasteiger partial charge on any atom is 0.0485 e. The second kappa shape index (κ2) is 6.16. The van der Waals surface area contributed by atoms with Crippen LogP contribution in [-0.2, 0) is 0 Å². The monoisotopic (exact) mass is 271 g/mol. The fourth-order valence-corrected chi connectivity index (χ4v) is 2.47. The van der Waals surface area contributed by atoms with Crippen molar-refractivity contribution in [2.75, 3.05) is 11.6 Å². The fraction of sp³-hybridized carbons (Fsp3) is 0.294. The van der Waals surface area contributed by atoms with E-state index in [1.54, 1.807) is 11.8 Å². The average Bonchev–Trinajstić information content (AvgIpc) is 2.43. The van der Waals surface area contributed by atoms with E-state index in [0.29, 0.717) is 6.04 Å². The zero-order chi connectivity index (χ0) is 13.8. The Kier molecular flexibility index (Phi) is 4.54. The third kappa shape index (κ3) is 3.54. The molecule has 0 saturated heterocycles. The molecule has 2 aromatic rings. The molecule has 0 radical (unpaired) electrons. The van der Waals surface area contributed by atoms with Crippen LogP contribution in [0.1, 0.15) is 29.7 Å².